The monoisotopic (exact) mass is 350 g/mol. The van der Waals surface area contributed by atoms with Crippen LogP contribution in [0.5, 0.6) is 0 Å². The van der Waals surface area contributed by atoms with Crippen molar-refractivity contribution in [3.63, 3.8) is 0 Å². The molecule has 0 unspecified atom stereocenters. The minimum atomic E-state index is -0.221. The van der Waals surface area contributed by atoms with Gasteiger partial charge in [-0.3, -0.25) is 9.59 Å². The number of nitrogens with one attached hydrogen (secondary N) is 1. The van der Waals surface area contributed by atoms with Crippen LogP contribution in [0.2, 0.25) is 0 Å². The molecule has 0 saturated carbocycles. The molecule has 0 aliphatic rings. The summed E-state index contributed by atoms with van der Waals surface area (Å²) in [6.45, 7) is 3.86. The van der Waals surface area contributed by atoms with Crippen molar-refractivity contribution in [2.45, 2.75) is 18.2 Å². The van der Waals surface area contributed by atoms with Crippen LogP contribution in [-0.2, 0) is 9.59 Å². The van der Waals surface area contributed by atoms with Gasteiger partial charge in [0.25, 0.3) is 0 Å². The Morgan fingerprint density at radius 1 is 1.22 bits per heavy atom. The lowest BCUT2D eigenvalue weighted by Crippen LogP contribution is -2.35. The molecular weight excluding hydrogens is 332 g/mol. The zero-order valence-corrected chi connectivity index (χ0v) is 14.8. The maximum atomic E-state index is 12.0. The average Bonchev–Trinajstić information content (AvgIpc) is 2.92. The van der Waals surface area contributed by atoms with Gasteiger partial charge in [0.15, 0.2) is 4.34 Å². The fourth-order valence-corrected chi connectivity index (χ4v) is 3.47. The van der Waals surface area contributed by atoms with Crippen LogP contribution < -0.4 is 5.32 Å². The Balaban J connectivity index is 1.78. The molecule has 0 bridgehead atoms. The summed E-state index contributed by atoms with van der Waals surface area (Å²) in [4.78, 5) is 25.4. The summed E-state index contributed by atoms with van der Waals surface area (Å²) < 4.78 is 0.758. The largest absolute Gasteiger partial charge is 0.336 e. The number of amides is 2. The standard InChI is InChI=1S/C15H18N4O2S2/c1-10-4-6-12(7-5-10)16-13(20)8-19(3)14(21)9-22-15-18-17-11(2)23-15/h4-7H,8-9H2,1-3H3,(H,16,20). The van der Waals surface area contributed by atoms with Gasteiger partial charge >= 0.3 is 0 Å². The van der Waals surface area contributed by atoms with Crippen molar-refractivity contribution < 1.29 is 9.59 Å². The summed E-state index contributed by atoms with van der Waals surface area (Å²) in [6, 6.07) is 7.52. The van der Waals surface area contributed by atoms with Gasteiger partial charge in [0.2, 0.25) is 11.8 Å². The van der Waals surface area contributed by atoms with E-state index in [1.807, 2.05) is 38.1 Å². The summed E-state index contributed by atoms with van der Waals surface area (Å²) >= 11 is 2.78. The van der Waals surface area contributed by atoms with Gasteiger partial charge in [-0.15, -0.1) is 10.2 Å². The second kappa shape index (κ2) is 8.07. The van der Waals surface area contributed by atoms with E-state index in [-0.39, 0.29) is 24.1 Å². The Morgan fingerprint density at radius 3 is 2.52 bits per heavy atom. The summed E-state index contributed by atoms with van der Waals surface area (Å²) in [5.74, 6) is -0.105. The number of rotatable bonds is 6. The van der Waals surface area contributed by atoms with Crippen LogP contribution in [0.25, 0.3) is 0 Å². The van der Waals surface area contributed by atoms with Gasteiger partial charge in [-0.25, -0.2) is 0 Å². The van der Waals surface area contributed by atoms with Crippen molar-refractivity contribution in [3.8, 4) is 0 Å². The topological polar surface area (TPSA) is 75.2 Å². The number of anilines is 1. The van der Waals surface area contributed by atoms with Gasteiger partial charge in [-0.1, -0.05) is 40.8 Å². The van der Waals surface area contributed by atoms with Crippen LogP contribution in [0.1, 0.15) is 10.6 Å². The van der Waals surface area contributed by atoms with Crippen molar-refractivity contribution in [3.05, 3.63) is 34.8 Å². The summed E-state index contributed by atoms with van der Waals surface area (Å²) in [6.07, 6.45) is 0. The molecule has 1 aromatic heterocycles. The molecule has 0 fully saturated rings. The van der Waals surface area contributed by atoms with Crippen LogP contribution in [-0.4, -0.2) is 46.3 Å². The third kappa shape index (κ3) is 5.65. The molecule has 1 heterocycles. The number of hydrogen-bond acceptors (Lipinski definition) is 6. The van der Waals surface area contributed by atoms with E-state index in [1.165, 1.54) is 28.0 Å². The fraction of sp³-hybridized carbons (Fsp3) is 0.333. The molecule has 2 amide bonds. The highest BCUT2D eigenvalue weighted by atomic mass is 32.2. The molecule has 2 rings (SSSR count). The Bertz CT molecular complexity index is 685. The van der Waals surface area contributed by atoms with Gasteiger partial charge in [0.1, 0.15) is 5.01 Å². The molecule has 2 aromatic rings. The lowest BCUT2D eigenvalue weighted by Gasteiger charge is -2.16. The van der Waals surface area contributed by atoms with Crippen molar-refractivity contribution in [2.24, 2.45) is 0 Å². The lowest BCUT2D eigenvalue weighted by molar-refractivity contribution is -0.131. The number of hydrogen-bond donors (Lipinski definition) is 1. The Morgan fingerprint density at radius 2 is 1.91 bits per heavy atom. The van der Waals surface area contributed by atoms with Crippen molar-refractivity contribution >= 4 is 40.6 Å². The summed E-state index contributed by atoms with van der Waals surface area (Å²) in [5, 5.41) is 11.5. The molecule has 0 saturated heterocycles. The molecule has 0 aliphatic carbocycles. The number of aryl methyl sites for hydroxylation is 2. The second-order valence-corrected chi connectivity index (χ2v) is 7.44. The van der Waals surface area contributed by atoms with Gasteiger partial charge in [-0.05, 0) is 26.0 Å². The highest BCUT2D eigenvalue weighted by Crippen LogP contribution is 2.21. The number of nitrogens with zero attached hydrogens (tertiary/aromatic N) is 3. The van der Waals surface area contributed by atoms with Crippen molar-refractivity contribution in [1.29, 1.82) is 0 Å². The van der Waals surface area contributed by atoms with Crippen LogP contribution in [0.3, 0.4) is 0 Å². The highest BCUT2D eigenvalue weighted by Gasteiger charge is 2.14. The first-order valence-corrected chi connectivity index (χ1v) is 8.77. The minimum absolute atomic E-state index is 0.0163. The quantitative estimate of drug-likeness (QED) is 0.810. The molecular formula is C15H18N4O2S2. The number of benzene rings is 1. The van der Waals surface area contributed by atoms with E-state index in [2.05, 4.69) is 15.5 Å². The molecule has 8 heteroatoms. The van der Waals surface area contributed by atoms with E-state index >= 15 is 0 Å². The van der Waals surface area contributed by atoms with E-state index in [0.29, 0.717) is 0 Å². The van der Waals surface area contributed by atoms with Gasteiger partial charge in [0.05, 0.1) is 12.3 Å². The van der Waals surface area contributed by atoms with E-state index in [9.17, 15) is 9.59 Å². The van der Waals surface area contributed by atoms with Crippen LogP contribution in [0.15, 0.2) is 28.6 Å². The molecule has 1 aromatic carbocycles. The maximum absolute atomic E-state index is 12.0. The van der Waals surface area contributed by atoms with E-state index in [4.69, 9.17) is 0 Å². The van der Waals surface area contributed by atoms with Crippen molar-refractivity contribution in [1.82, 2.24) is 15.1 Å². The smallest absolute Gasteiger partial charge is 0.243 e. The number of carbonyl (C=O) groups excluding carboxylic acids is 2. The summed E-state index contributed by atoms with van der Waals surface area (Å²) in [7, 11) is 1.61. The SMILES string of the molecule is Cc1ccc(NC(=O)CN(C)C(=O)CSc2nnc(C)s2)cc1. The van der Waals surface area contributed by atoms with Gasteiger partial charge < -0.3 is 10.2 Å². The number of aromatic nitrogens is 2. The zero-order valence-electron chi connectivity index (χ0n) is 13.2. The molecule has 0 atom stereocenters. The third-order valence-electron chi connectivity index (χ3n) is 2.97. The van der Waals surface area contributed by atoms with Gasteiger partial charge in [-0.2, -0.15) is 0 Å². The molecule has 1 N–H and O–H groups in total. The van der Waals surface area contributed by atoms with E-state index < -0.39 is 0 Å². The molecule has 6 nitrogen and oxygen atoms in total. The Kier molecular flexibility index (Phi) is 6.12. The number of carbonyl (C=O) groups is 2. The Labute approximate surface area is 143 Å². The maximum Gasteiger partial charge on any atom is 0.243 e. The van der Waals surface area contributed by atoms with E-state index in [0.717, 1.165) is 20.6 Å². The first-order valence-electron chi connectivity index (χ1n) is 6.97. The third-order valence-corrected chi connectivity index (χ3v) is 4.93. The first kappa shape index (κ1) is 17.4. The van der Waals surface area contributed by atoms with Gasteiger partial charge in [0, 0.05) is 12.7 Å². The Hall–Kier alpha value is -1.93. The normalized spacial score (nSPS) is 10.4. The molecule has 0 radical (unpaired) electrons. The lowest BCUT2D eigenvalue weighted by atomic mass is 10.2. The molecule has 23 heavy (non-hydrogen) atoms. The number of likely N-dealkylation sites (N-methyl/N-ethyl adjacent to an activating group) is 1. The zero-order chi connectivity index (χ0) is 16.8. The highest BCUT2D eigenvalue weighted by molar-refractivity contribution is 8.01. The second-order valence-electron chi connectivity index (χ2n) is 5.04. The molecule has 0 spiro atoms. The molecule has 122 valence electrons. The molecule has 0 aliphatic heterocycles. The predicted octanol–water partition coefficient (Wildman–Crippen LogP) is 2.34. The average molecular weight is 350 g/mol. The predicted molar refractivity (Wildman–Crippen MR) is 92.8 cm³/mol. The first-order chi connectivity index (χ1) is 10.9. The fourth-order valence-electron chi connectivity index (χ4n) is 1.71. The van der Waals surface area contributed by atoms with Crippen LogP contribution in [0.4, 0.5) is 5.69 Å². The minimum Gasteiger partial charge on any atom is -0.336 e. The van der Waals surface area contributed by atoms with Crippen molar-refractivity contribution in [2.75, 3.05) is 24.7 Å². The van der Waals surface area contributed by atoms with Crippen LogP contribution in [0, 0.1) is 13.8 Å². The van der Waals surface area contributed by atoms with Crippen LogP contribution >= 0.6 is 23.1 Å². The summed E-state index contributed by atoms with van der Waals surface area (Å²) in [5.41, 5.74) is 1.85. The number of thioether (sulfide) groups is 1. The van der Waals surface area contributed by atoms with E-state index in [1.54, 1.807) is 7.05 Å².